The first-order valence-electron chi connectivity index (χ1n) is 3.54. The first-order chi connectivity index (χ1) is 5.83. The molecule has 0 aromatic carbocycles. The minimum absolute atomic E-state index is 0.00375. The lowest BCUT2D eigenvalue weighted by Gasteiger charge is -1.99. The molecule has 2 aromatic rings. The van der Waals surface area contributed by atoms with E-state index in [4.69, 9.17) is 5.11 Å². The number of halogens is 1. The zero-order chi connectivity index (χ0) is 8.55. The highest BCUT2D eigenvalue weighted by Gasteiger charge is 2.03. The fourth-order valence-electron chi connectivity index (χ4n) is 1.17. The van der Waals surface area contributed by atoms with Crippen LogP contribution in [-0.4, -0.2) is 14.5 Å². The first kappa shape index (κ1) is 7.76. The highest BCUT2D eigenvalue weighted by Crippen LogP contribution is 2.15. The van der Waals surface area contributed by atoms with Gasteiger partial charge in [-0.05, 0) is 28.1 Å². The number of aliphatic hydroxyl groups excluding tert-OH is 1. The molecule has 12 heavy (non-hydrogen) atoms. The molecule has 0 amide bonds. The van der Waals surface area contributed by atoms with E-state index < -0.39 is 0 Å². The van der Waals surface area contributed by atoms with Crippen molar-refractivity contribution >= 4 is 21.6 Å². The summed E-state index contributed by atoms with van der Waals surface area (Å²) in [6.07, 6.45) is 1.67. The molecule has 62 valence electrons. The summed E-state index contributed by atoms with van der Waals surface area (Å²) in [5.41, 5.74) is 1.63. The van der Waals surface area contributed by atoms with Gasteiger partial charge in [0.25, 0.3) is 0 Å². The van der Waals surface area contributed by atoms with Crippen molar-refractivity contribution in [3.63, 3.8) is 0 Å². The Balaban J connectivity index is 2.83. The van der Waals surface area contributed by atoms with Gasteiger partial charge in [0.05, 0.1) is 23.1 Å². The summed E-state index contributed by atoms with van der Waals surface area (Å²) in [6, 6.07) is 5.71. The molecule has 2 heterocycles. The van der Waals surface area contributed by atoms with Crippen LogP contribution < -0.4 is 0 Å². The van der Waals surface area contributed by atoms with Crippen LogP contribution in [0.5, 0.6) is 0 Å². The predicted octanol–water partition coefficient (Wildman–Crippen LogP) is 1.59. The van der Waals surface area contributed by atoms with Crippen molar-refractivity contribution in [1.82, 2.24) is 9.38 Å². The van der Waals surface area contributed by atoms with E-state index in [0.717, 1.165) is 15.9 Å². The Bertz CT molecular complexity index is 410. The number of hydrogen-bond donors (Lipinski definition) is 1. The van der Waals surface area contributed by atoms with Gasteiger partial charge >= 0.3 is 0 Å². The van der Waals surface area contributed by atoms with Gasteiger partial charge in [0.1, 0.15) is 5.65 Å². The predicted molar refractivity (Wildman–Crippen MR) is 48.8 cm³/mol. The number of nitrogens with zero attached hydrogens (tertiary/aromatic N) is 2. The van der Waals surface area contributed by atoms with Crippen molar-refractivity contribution in [2.75, 3.05) is 0 Å². The van der Waals surface area contributed by atoms with Crippen molar-refractivity contribution in [3.05, 3.63) is 34.7 Å². The lowest BCUT2D eigenvalue weighted by molar-refractivity contribution is 0.275. The smallest absolute Gasteiger partial charge is 0.137 e. The molecule has 0 saturated heterocycles. The quantitative estimate of drug-likeness (QED) is 0.751. The third-order valence-corrected chi connectivity index (χ3v) is 2.34. The van der Waals surface area contributed by atoms with E-state index in [-0.39, 0.29) is 6.61 Å². The van der Waals surface area contributed by atoms with Crippen LogP contribution in [0.15, 0.2) is 29.0 Å². The average molecular weight is 227 g/mol. The fourth-order valence-corrected chi connectivity index (χ4v) is 1.73. The summed E-state index contributed by atoms with van der Waals surface area (Å²) < 4.78 is 2.77. The number of aromatic nitrogens is 2. The maximum absolute atomic E-state index is 8.97. The minimum atomic E-state index is 0.00375. The molecule has 0 aliphatic rings. The van der Waals surface area contributed by atoms with Crippen LogP contribution >= 0.6 is 15.9 Å². The van der Waals surface area contributed by atoms with E-state index in [2.05, 4.69) is 20.9 Å². The number of aliphatic hydroxyl groups is 1. The summed E-state index contributed by atoms with van der Waals surface area (Å²) in [7, 11) is 0. The van der Waals surface area contributed by atoms with Crippen molar-refractivity contribution in [1.29, 1.82) is 0 Å². The maximum Gasteiger partial charge on any atom is 0.137 e. The Hall–Kier alpha value is -0.870. The number of imidazole rings is 1. The monoisotopic (exact) mass is 226 g/mol. The highest BCUT2D eigenvalue weighted by molar-refractivity contribution is 9.10. The molecule has 0 atom stereocenters. The molecule has 0 spiro atoms. The van der Waals surface area contributed by atoms with E-state index >= 15 is 0 Å². The summed E-state index contributed by atoms with van der Waals surface area (Å²) in [6.45, 7) is 0.00375. The third kappa shape index (κ3) is 1.04. The summed E-state index contributed by atoms with van der Waals surface area (Å²) in [5.74, 6) is 0. The van der Waals surface area contributed by atoms with Crippen LogP contribution in [-0.2, 0) is 6.61 Å². The van der Waals surface area contributed by atoms with Gasteiger partial charge in [0.2, 0.25) is 0 Å². The number of fused-ring (bicyclic) bond motifs is 1. The summed E-state index contributed by atoms with van der Waals surface area (Å²) in [5, 5.41) is 8.97. The second-order valence-corrected chi connectivity index (χ2v) is 3.26. The van der Waals surface area contributed by atoms with Crippen LogP contribution in [0.25, 0.3) is 5.65 Å². The Morgan fingerprint density at radius 2 is 2.33 bits per heavy atom. The molecule has 0 aliphatic carbocycles. The molecule has 0 saturated carbocycles. The topological polar surface area (TPSA) is 37.5 Å². The average Bonchev–Trinajstić information content (AvgIpc) is 2.49. The standard InChI is InChI=1S/C8H7BrN2O/c9-7-2-1-3-8-10-4-6(5-12)11(7)8/h1-4,12H,5H2. The maximum atomic E-state index is 8.97. The van der Waals surface area contributed by atoms with Gasteiger partial charge in [0.15, 0.2) is 0 Å². The minimum Gasteiger partial charge on any atom is -0.390 e. The van der Waals surface area contributed by atoms with Gasteiger partial charge in [-0.2, -0.15) is 0 Å². The van der Waals surface area contributed by atoms with E-state index in [1.54, 1.807) is 6.20 Å². The Kier molecular flexibility index (Phi) is 1.86. The van der Waals surface area contributed by atoms with E-state index in [9.17, 15) is 0 Å². The van der Waals surface area contributed by atoms with Gasteiger partial charge in [-0.3, -0.25) is 4.40 Å². The molecule has 0 aliphatic heterocycles. The Labute approximate surface area is 77.8 Å². The molecule has 4 heteroatoms. The highest BCUT2D eigenvalue weighted by atomic mass is 79.9. The van der Waals surface area contributed by atoms with Gasteiger partial charge in [0, 0.05) is 0 Å². The van der Waals surface area contributed by atoms with Crippen LogP contribution in [0.2, 0.25) is 0 Å². The second-order valence-electron chi connectivity index (χ2n) is 2.45. The van der Waals surface area contributed by atoms with E-state index in [1.165, 1.54) is 0 Å². The molecule has 3 nitrogen and oxygen atoms in total. The molecular formula is C8H7BrN2O. The summed E-state index contributed by atoms with van der Waals surface area (Å²) in [4.78, 5) is 4.12. The van der Waals surface area contributed by atoms with Crippen molar-refractivity contribution < 1.29 is 5.11 Å². The van der Waals surface area contributed by atoms with Crippen LogP contribution in [0.3, 0.4) is 0 Å². The number of rotatable bonds is 1. The second kappa shape index (κ2) is 2.88. The molecule has 2 rings (SSSR count). The molecule has 2 aromatic heterocycles. The van der Waals surface area contributed by atoms with Crippen LogP contribution in [0.1, 0.15) is 5.69 Å². The number of hydrogen-bond acceptors (Lipinski definition) is 2. The van der Waals surface area contributed by atoms with E-state index in [0.29, 0.717) is 0 Å². The largest absolute Gasteiger partial charge is 0.390 e. The van der Waals surface area contributed by atoms with Crippen molar-refractivity contribution in [2.24, 2.45) is 0 Å². The zero-order valence-electron chi connectivity index (χ0n) is 6.24. The first-order valence-corrected chi connectivity index (χ1v) is 4.34. The molecule has 0 radical (unpaired) electrons. The van der Waals surface area contributed by atoms with Gasteiger partial charge in [-0.1, -0.05) is 6.07 Å². The lowest BCUT2D eigenvalue weighted by Crippen LogP contribution is -1.93. The molecule has 0 fully saturated rings. The van der Waals surface area contributed by atoms with Crippen molar-refractivity contribution in [2.45, 2.75) is 6.61 Å². The Morgan fingerprint density at radius 3 is 3.08 bits per heavy atom. The molecule has 1 N–H and O–H groups in total. The van der Waals surface area contributed by atoms with Crippen LogP contribution in [0.4, 0.5) is 0 Å². The van der Waals surface area contributed by atoms with Crippen LogP contribution in [0, 0.1) is 0 Å². The molecule has 0 bridgehead atoms. The van der Waals surface area contributed by atoms with Crippen molar-refractivity contribution in [3.8, 4) is 0 Å². The normalized spacial score (nSPS) is 10.8. The number of pyridine rings is 1. The zero-order valence-corrected chi connectivity index (χ0v) is 7.82. The van der Waals surface area contributed by atoms with Gasteiger partial charge < -0.3 is 5.11 Å². The van der Waals surface area contributed by atoms with Gasteiger partial charge in [-0.25, -0.2) is 4.98 Å². The SMILES string of the molecule is OCc1cnc2cccc(Br)n12. The third-order valence-electron chi connectivity index (χ3n) is 1.72. The summed E-state index contributed by atoms with van der Waals surface area (Å²) >= 11 is 3.38. The fraction of sp³-hybridized carbons (Fsp3) is 0.125. The van der Waals surface area contributed by atoms with Gasteiger partial charge in [-0.15, -0.1) is 0 Å². The molecular weight excluding hydrogens is 220 g/mol. The Morgan fingerprint density at radius 1 is 1.50 bits per heavy atom. The molecule has 0 unspecified atom stereocenters. The van der Waals surface area contributed by atoms with E-state index in [1.807, 2.05) is 22.6 Å². The lowest BCUT2D eigenvalue weighted by atomic mass is 10.4.